The van der Waals surface area contributed by atoms with Gasteiger partial charge in [0.05, 0.1) is 6.04 Å². The lowest BCUT2D eigenvalue weighted by Gasteiger charge is -2.20. The van der Waals surface area contributed by atoms with Gasteiger partial charge in [-0.15, -0.1) is 11.3 Å². The summed E-state index contributed by atoms with van der Waals surface area (Å²) >= 11 is 5.21. The largest absolute Gasteiger partial charge is 0.271 e. The molecule has 2 aromatic rings. The first-order chi connectivity index (χ1) is 9.40. The first-order valence-electron chi connectivity index (χ1n) is 6.69. The van der Waals surface area contributed by atoms with Crippen molar-refractivity contribution >= 4 is 27.3 Å². The van der Waals surface area contributed by atoms with Crippen LogP contribution in [0.1, 0.15) is 42.8 Å². The second-order valence-electron chi connectivity index (χ2n) is 6.04. The van der Waals surface area contributed by atoms with E-state index < -0.39 is 0 Å². The molecule has 3 N–H and O–H groups in total. The Labute approximate surface area is 133 Å². The van der Waals surface area contributed by atoms with E-state index in [1.165, 1.54) is 16.0 Å². The van der Waals surface area contributed by atoms with Gasteiger partial charge < -0.3 is 0 Å². The molecule has 0 aliphatic carbocycles. The van der Waals surface area contributed by atoms with Gasteiger partial charge in [0.25, 0.3) is 0 Å². The Bertz CT molecular complexity index is 555. The number of hydrogen-bond donors (Lipinski definition) is 2. The van der Waals surface area contributed by atoms with Gasteiger partial charge in [-0.1, -0.05) is 45.0 Å². The summed E-state index contributed by atoms with van der Waals surface area (Å²) in [5.74, 6) is 5.70. The fraction of sp³-hybridized carbons (Fsp3) is 0.375. The predicted molar refractivity (Wildman–Crippen MR) is 90.9 cm³/mol. The lowest BCUT2D eigenvalue weighted by atomic mass is 9.86. The highest BCUT2D eigenvalue weighted by molar-refractivity contribution is 9.10. The number of benzene rings is 1. The molecule has 108 valence electrons. The van der Waals surface area contributed by atoms with Crippen molar-refractivity contribution in [2.24, 2.45) is 5.84 Å². The molecule has 1 heterocycles. The smallest absolute Gasteiger partial charge is 0.0593 e. The number of rotatable bonds is 4. The first kappa shape index (κ1) is 15.7. The van der Waals surface area contributed by atoms with Gasteiger partial charge in [-0.05, 0) is 45.0 Å². The molecule has 1 atom stereocenters. The van der Waals surface area contributed by atoms with Crippen LogP contribution in [0.25, 0.3) is 0 Å². The molecule has 1 aromatic carbocycles. The van der Waals surface area contributed by atoms with Crippen molar-refractivity contribution in [1.82, 2.24) is 5.43 Å². The minimum absolute atomic E-state index is 0.159. The van der Waals surface area contributed by atoms with Crippen LogP contribution in [-0.4, -0.2) is 0 Å². The predicted octanol–water partition coefficient (Wildman–Crippen LogP) is 4.56. The van der Waals surface area contributed by atoms with Crippen LogP contribution in [0.4, 0.5) is 0 Å². The Kier molecular flexibility index (Phi) is 5.02. The molecule has 2 nitrogen and oxygen atoms in total. The normalized spacial score (nSPS) is 13.4. The second-order valence-corrected chi connectivity index (χ2v) is 7.90. The van der Waals surface area contributed by atoms with E-state index >= 15 is 0 Å². The summed E-state index contributed by atoms with van der Waals surface area (Å²) in [6, 6.07) is 11.1. The Morgan fingerprint density at radius 3 is 2.35 bits per heavy atom. The third-order valence-corrected chi connectivity index (χ3v) is 5.20. The summed E-state index contributed by atoms with van der Waals surface area (Å²) in [6.07, 6.45) is 0.897. The van der Waals surface area contributed by atoms with Crippen LogP contribution in [-0.2, 0) is 11.8 Å². The van der Waals surface area contributed by atoms with E-state index in [0.29, 0.717) is 0 Å². The molecule has 0 aliphatic rings. The topological polar surface area (TPSA) is 38.0 Å². The van der Waals surface area contributed by atoms with Gasteiger partial charge in [0.2, 0.25) is 0 Å². The number of thiophene rings is 1. The Balaban J connectivity index is 2.12. The molecule has 0 aliphatic heterocycles. The molecule has 0 saturated heterocycles. The van der Waals surface area contributed by atoms with Crippen molar-refractivity contribution < 1.29 is 0 Å². The van der Waals surface area contributed by atoms with Gasteiger partial charge >= 0.3 is 0 Å². The van der Waals surface area contributed by atoms with E-state index in [-0.39, 0.29) is 11.5 Å². The van der Waals surface area contributed by atoms with E-state index in [9.17, 15) is 0 Å². The van der Waals surface area contributed by atoms with E-state index in [2.05, 4.69) is 77.8 Å². The highest BCUT2D eigenvalue weighted by Crippen LogP contribution is 2.28. The molecule has 0 saturated carbocycles. The highest BCUT2D eigenvalue weighted by Gasteiger charge is 2.15. The number of hydrazine groups is 1. The summed E-state index contributed by atoms with van der Waals surface area (Å²) in [5, 5.41) is 2.09. The van der Waals surface area contributed by atoms with Gasteiger partial charge in [0, 0.05) is 14.7 Å². The average molecular weight is 353 g/mol. The van der Waals surface area contributed by atoms with Crippen molar-refractivity contribution in [3.8, 4) is 0 Å². The molecule has 20 heavy (non-hydrogen) atoms. The molecular weight excluding hydrogens is 332 g/mol. The lowest BCUT2D eigenvalue weighted by Crippen LogP contribution is -2.29. The molecule has 0 amide bonds. The minimum Gasteiger partial charge on any atom is -0.271 e. The van der Waals surface area contributed by atoms with Crippen molar-refractivity contribution in [2.45, 2.75) is 38.6 Å². The highest BCUT2D eigenvalue weighted by atomic mass is 79.9. The molecule has 2 rings (SSSR count). The number of hydrogen-bond acceptors (Lipinski definition) is 3. The van der Waals surface area contributed by atoms with Crippen LogP contribution in [0.15, 0.2) is 40.2 Å². The van der Waals surface area contributed by atoms with E-state index in [0.717, 1.165) is 10.9 Å². The van der Waals surface area contributed by atoms with Gasteiger partial charge in [0.1, 0.15) is 0 Å². The summed E-state index contributed by atoms with van der Waals surface area (Å²) < 4.78 is 1.11. The maximum absolute atomic E-state index is 5.70. The van der Waals surface area contributed by atoms with Gasteiger partial charge in [-0.2, -0.15) is 0 Å². The molecular formula is C16H21BrN2S. The first-order valence-corrected chi connectivity index (χ1v) is 8.37. The molecule has 1 aromatic heterocycles. The van der Waals surface area contributed by atoms with Gasteiger partial charge in [0.15, 0.2) is 0 Å². The van der Waals surface area contributed by atoms with Gasteiger partial charge in [-0.25, -0.2) is 0 Å². The molecule has 1 unspecified atom stereocenters. The van der Waals surface area contributed by atoms with E-state index in [4.69, 9.17) is 5.84 Å². The van der Waals surface area contributed by atoms with E-state index in [1.807, 2.05) is 0 Å². The summed E-state index contributed by atoms with van der Waals surface area (Å²) in [7, 11) is 0. The summed E-state index contributed by atoms with van der Waals surface area (Å²) in [5.41, 5.74) is 5.77. The summed E-state index contributed by atoms with van der Waals surface area (Å²) in [6.45, 7) is 6.69. The molecule has 0 radical (unpaired) electrons. The summed E-state index contributed by atoms with van der Waals surface area (Å²) in [4.78, 5) is 1.25. The van der Waals surface area contributed by atoms with E-state index in [1.54, 1.807) is 11.3 Å². The van der Waals surface area contributed by atoms with Crippen LogP contribution in [0.3, 0.4) is 0 Å². The zero-order valence-corrected chi connectivity index (χ0v) is 14.5. The molecule has 0 fully saturated rings. The van der Waals surface area contributed by atoms with Crippen molar-refractivity contribution in [2.75, 3.05) is 0 Å². The van der Waals surface area contributed by atoms with Crippen molar-refractivity contribution in [3.63, 3.8) is 0 Å². The average Bonchev–Trinajstić information content (AvgIpc) is 2.82. The van der Waals surface area contributed by atoms with Crippen LogP contribution in [0.2, 0.25) is 0 Å². The fourth-order valence-electron chi connectivity index (χ4n) is 2.13. The molecule has 0 spiro atoms. The number of nitrogens with one attached hydrogen (secondary N) is 1. The maximum Gasteiger partial charge on any atom is 0.0593 e. The number of nitrogens with two attached hydrogens (primary N) is 1. The maximum atomic E-state index is 5.70. The zero-order chi connectivity index (χ0) is 14.8. The zero-order valence-electron chi connectivity index (χ0n) is 12.1. The fourth-order valence-corrected chi connectivity index (χ4v) is 3.64. The standard InChI is InChI=1S/C16H21BrN2S/c1-16(2,3)12-6-4-11(5-7-12)8-14(19-18)15-9-13(17)10-20-15/h4-7,9-10,14,19H,8,18H2,1-3H3. The van der Waals surface area contributed by atoms with Gasteiger partial charge in [-0.3, -0.25) is 11.3 Å². The second kappa shape index (κ2) is 6.39. The number of halogens is 1. The molecule has 0 bridgehead atoms. The van der Waals surface area contributed by atoms with Crippen molar-refractivity contribution in [1.29, 1.82) is 0 Å². The van der Waals surface area contributed by atoms with Crippen molar-refractivity contribution in [3.05, 3.63) is 56.2 Å². The Morgan fingerprint density at radius 2 is 1.90 bits per heavy atom. The van der Waals surface area contributed by atoms with Crippen LogP contribution in [0, 0.1) is 0 Å². The quantitative estimate of drug-likeness (QED) is 0.625. The van der Waals surface area contributed by atoms with Crippen LogP contribution < -0.4 is 11.3 Å². The molecule has 4 heteroatoms. The monoisotopic (exact) mass is 352 g/mol. The SMILES string of the molecule is CC(C)(C)c1ccc(CC(NN)c2cc(Br)cs2)cc1. The minimum atomic E-state index is 0.159. The van der Waals surface area contributed by atoms with Crippen LogP contribution >= 0.6 is 27.3 Å². The Hall–Kier alpha value is -0.680. The Morgan fingerprint density at radius 1 is 1.25 bits per heavy atom. The third kappa shape index (κ3) is 3.92. The lowest BCUT2D eigenvalue weighted by molar-refractivity contribution is 0.559. The van der Waals surface area contributed by atoms with Crippen LogP contribution in [0.5, 0.6) is 0 Å². The third-order valence-electron chi connectivity index (χ3n) is 3.39.